The molecule has 1 fully saturated rings. The molecule has 0 bridgehead atoms. The van der Waals surface area contributed by atoms with Gasteiger partial charge in [-0.05, 0) is 20.3 Å². The monoisotopic (exact) mass is 172 g/mol. The summed E-state index contributed by atoms with van der Waals surface area (Å²) in [6.07, 6.45) is 0.792. The molecule has 1 aliphatic heterocycles. The van der Waals surface area contributed by atoms with Gasteiger partial charge in [-0.15, -0.1) is 0 Å². The van der Waals surface area contributed by atoms with E-state index in [0.717, 1.165) is 19.5 Å². The van der Waals surface area contributed by atoms with Gasteiger partial charge in [0, 0.05) is 25.2 Å². The zero-order valence-corrected chi connectivity index (χ0v) is 8.22. The largest absolute Gasteiger partial charge is 0.389 e. The maximum atomic E-state index is 9.93. The second kappa shape index (κ2) is 3.73. The summed E-state index contributed by atoms with van der Waals surface area (Å²) in [7, 11) is 0. The van der Waals surface area contributed by atoms with Crippen LogP contribution in [0.1, 0.15) is 27.2 Å². The van der Waals surface area contributed by atoms with Gasteiger partial charge in [-0.2, -0.15) is 0 Å². The summed E-state index contributed by atoms with van der Waals surface area (Å²) < 4.78 is 0. The van der Waals surface area contributed by atoms with Gasteiger partial charge in [0.05, 0.1) is 5.60 Å². The van der Waals surface area contributed by atoms with Crippen molar-refractivity contribution in [2.75, 3.05) is 13.1 Å². The van der Waals surface area contributed by atoms with Crippen LogP contribution in [0.15, 0.2) is 0 Å². The van der Waals surface area contributed by atoms with E-state index in [-0.39, 0.29) is 6.04 Å². The summed E-state index contributed by atoms with van der Waals surface area (Å²) in [5.74, 6) is 0. The smallest absolute Gasteiger partial charge is 0.0781 e. The van der Waals surface area contributed by atoms with E-state index in [2.05, 4.69) is 17.6 Å². The Morgan fingerprint density at radius 1 is 1.42 bits per heavy atom. The molecule has 3 heteroatoms. The molecule has 3 nitrogen and oxygen atoms in total. The standard InChI is InChI=1S/C9H20N2O/c1-4-9(3,12)8-6-10-7(2)5-11-8/h7-8,10-12H,4-6H2,1-3H3. The first-order valence-corrected chi connectivity index (χ1v) is 4.75. The van der Waals surface area contributed by atoms with Gasteiger partial charge >= 0.3 is 0 Å². The highest BCUT2D eigenvalue weighted by molar-refractivity contribution is 4.92. The van der Waals surface area contributed by atoms with Crippen molar-refractivity contribution in [3.8, 4) is 0 Å². The maximum absolute atomic E-state index is 9.93. The Kier molecular flexibility index (Phi) is 3.09. The molecule has 3 N–H and O–H groups in total. The predicted molar refractivity (Wildman–Crippen MR) is 50.2 cm³/mol. The molecule has 1 aliphatic rings. The summed E-state index contributed by atoms with van der Waals surface area (Å²) >= 11 is 0. The van der Waals surface area contributed by atoms with Crippen molar-refractivity contribution in [1.82, 2.24) is 10.6 Å². The molecule has 0 aromatic carbocycles. The number of aliphatic hydroxyl groups is 1. The lowest BCUT2D eigenvalue weighted by Gasteiger charge is -2.38. The Labute approximate surface area is 74.5 Å². The Hall–Kier alpha value is -0.120. The van der Waals surface area contributed by atoms with Crippen LogP contribution < -0.4 is 10.6 Å². The number of piperazine rings is 1. The highest BCUT2D eigenvalue weighted by atomic mass is 16.3. The van der Waals surface area contributed by atoms with Gasteiger partial charge in [-0.25, -0.2) is 0 Å². The fourth-order valence-corrected chi connectivity index (χ4v) is 1.47. The summed E-state index contributed by atoms with van der Waals surface area (Å²) in [6.45, 7) is 7.86. The number of hydrogen-bond donors (Lipinski definition) is 3. The predicted octanol–water partition coefficient (Wildman–Crippen LogP) is 0.0973. The van der Waals surface area contributed by atoms with Crippen molar-refractivity contribution < 1.29 is 5.11 Å². The van der Waals surface area contributed by atoms with Gasteiger partial charge in [0.2, 0.25) is 0 Å². The van der Waals surface area contributed by atoms with E-state index in [1.54, 1.807) is 0 Å². The van der Waals surface area contributed by atoms with Crippen LogP contribution >= 0.6 is 0 Å². The zero-order chi connectivity index (χ0) is 9.19. The molecule has 0 aromatic rings. The fourth-order valence-electron chi connectivity index (χ4n) is 1.47. The van der Waals surface area contributed by atoms with E-state index in [4.69, 9.17) is 0 Å². The van der Waals surface area contributed by atoms with E-state index in [1.807, 2.05) is 13.8 Å². The molecule has 1 rings (SSSR count). The first-order chi connectivity index (χ1) is 5.56. The summed E-state index contributed by atoms with van der Waals surface area (Å²) in [6, 6.07) is 0.715. The minimum absolute atomic E-state index is 0.193. The van der Waals surface area contributed by atoms with Crippen molar-refractivity contribution in [3.05, 3.63) is 0 Å². The lowest BCUT2D eigenvalue weighted by molar-refractivity contribution is 0.00829. The van der Waals surface area contributed by atoms with Gasteiger partial charge in [-0.1, -0.05) is 6.92 Å². The van der Waals surface area contributed by atoms with Gasteiger partial charge < -0.3 is 15.7 Å². The third-order valence-electron chi connectivity index (χ3n) is 2.81. The van der Waals surface area contributed by atoms with Crippen LogP contribution in [0.3, 0.4) is 0 Å². The molecule has 0 aliphatic carbocycles. The van der Waals surface area contributed by atoms with E-state index in [9.17, 15) is 5.11 Å². The molecule has 0 radical (unpaired) electrons. The van der Waals surface area contributed by atoms with Gasteiger partial charge in [0.25, 0.3) is 0 Å². The van der Waals surface area contributed by atoms with Gasteiger partial charge in [0.15, 0.2) is 0 Å². The van der Waals surface area contributed by atoms with Crippen molar-refractivity contribution >= 4 is 0 Å². The summed E-state index contributed by atoms with van der Waals surface area (Å²) in [4.78, 5) is 0. The highest BCUT2D eigenvalue weighted by Gasteiger charge is 2.31. The number of rotatable bonds is 2. The molecule has 0 amide bonds. The lowest BCUT2D eigenvalue weighted by Crippen LogP contribution is -2.61. The second-order valence-corrected chi connectivity index (χ2v) is 3.98. The molecule has 1 saturated heterocycles. The van der Waals surface area contributed by atoms with Crippen molar-refractivity contribution in [1.29, 1.82) is 0 Å². The molecule has 0 spiro atoms. The molecular formula is C9H20N2O. The van der Waals surface area contributed by atoms with Crippen LogP contribution in [-0.2, 0) is 0 Å². The van der Waals surface area contributed by atoms with Crippen LogP contribution in [-0.4, -0.2) is 35.9 Å². The van der Waals surface area contributed by atoms with E-state index < -0.39 is 5.60 Å². The van der Waals surface area contributed by atoms with Crippen LogP contribution in [0.5, 0.6) is 0 Å². The van der Waals surface area contributed by atoms with Crippen LogP contribution in [0.4, 0.5) is 0 Å². The van der Waals surface area contributed by atoms with Crippen LogP contribution in [0.25, 0.3) is 0 Å². The minimum Gasteiger partial charge on any atom is -0.389 e. The molecule has 12 heavy (non-hydrogen) atoms. The van der Waals surface area contributed by atoms with Crippen LogP contribution in [0, 0.1) is 0 Å². The zero-order valence-electron chi connectivity index (χ0n) is 8.22. The topological polar surface area (TPSA) is 44.3 Å². The normalized spacial score (nSPS) is 36.0. The van der Waals surface area contributed by atoms with E-state index in [1.165, 1.54) is 0 Å². The SMILES string of the molecule is CCC(C)(O)C1CNC(C)CN1. The molecule has 0 aromatic heterocycles. The highest BCUT2D eigenvalue weighted by Crippen LogP contribution is 2.15. The first kappa shape index (κ1) is 9.96. The van der Waals surface area contributed by atoms with Gasteiger partial charge in [-0.3, -0.25) is 0 Å². The Morgan fingerprint density at radius 3 is 2.50 bits per heavy atom. The molecule has 3 unspecified atom stereocenters. The molecule has 3 atom stereocenters. The number of hydrogen-bond acceptors (Lipinski definition) is 3. The average molecular weight is 172 g/mol. The maximum Gasteiger partial charge on any atom is 0.0781 e. The Balaban J connectivity index is 2.44. The summed E-state index contributed by atoms with van der Waals surface area (Å²) in [5, 5.41) is 16.6. The second-order valence-electron chi connectivity index (χ2n) is 3.98. The molecule has 72 valence electrons. The molecule has 0 saturated carbocycles. The lowest BCUT2D eigenvalue weighted by atomic mass is 9.92. The van der Waals surface area contributed by atoms with E-state index in [0.29, 0.717) is 6.04 Å². The Bertz CT molecular complexity index is 139. The third-order valence-corrected chi connectivity index (χ3v) is 2.81. The van der Waals surface area contributed by atoms with Crippen molar-refractivity contribution in [2.24, 2.45) is 0 Å². The fraction of sp³-hybridized carbons (Fsp3) is 1.00. The minimum atomic E-state index is -0.576. The first-order valence-electron chi connectivity index (χ1n) is 4.75. The van der Waals surface area contributed by atoms with Crippen molar-refractivity contribution in [2.45, 2.75) is 44.9 Å². The quantitative estimate of drug-likeness (QED) is 0.553. The number of nitrogens with one attached hydrogen (secondary N) is 2. The van der Waals surface area contributed by atoms with Crippen molar-refractivity contribution in [3.63, 3.8) is 0 Å². The average Bonchev–Trinajstić information content (AvgIpc) is 2.05. The molecular weight excluding hydrogens is 152 g/mol. The van der Waals surface area contributed by atoms with E-state index >= 15 is 0 Å². The van der Waals surface area contributed by atoms with Gasteiger partial charge in [0.1, 0.15) is 0 Å². The Morgan fingerprint density at radius 2 is 2.08 bits per heavy atom. The third kappa shape index (κ3) is 2.19. The molecule has 1 heterocycles. The summed E-state index contributed by atoms with van der Waals surface area (Å²) in [5.41, 5.74) is -0.576. The van der Waals surface area contributed by atoms with Crippen LogP contribution in [0.2, 0.25) is 0 Å².